The molecular formula is C19H25F3N2O5S. The number of ether oxygens (including phenoxy) is 1. The third kappa shape index (κ3) is 5.71. The molecule has 1 N–H and O–H groups in total. The van der Waals surface area contributed by atoms with Crippen LogP contribution in [0.15, 0.2) is 12.1 Å². The lowest BCUT2D eigenvalue weighted by Gasteiger charge is -2.40. The average molecular weight is 450 g/mol. The van der Waals surface area contributed by atoms with E-state index in [1.807, 2.05) is 11.3 Å². The number of alkyl halides is 3. The maximum absolute atomic E-state index is 12.7. The fraction of sp³-hybridized carbons (Fsp3) is 0.684. The molecule has 0 saturated carbocycles. The standard InChI is InChI=1S/C17H24N2O3S.C2HF3O2/c1-12-3-4-14(23-12)11-18-10-13(9-16-15(18)5-8-21-16)17(20)19-6-2-7-22-19;3-2(4,5)1(6)7/h3-4,13,15-16H,2,5-11H2,1H3;(H,6,7)/t13-,15+,16+;/m0./s1. The molecule has 3 saturated heterocycles. The quantitative estimate of drug-likeness (QED) is 0.763. The third-order valence-corrected chi connectivity index (χ3v) is 6.35. The number of halogens is 3. The summed E-state index contributed by atoms with van der Waals surface area (Å²) in [5.74, 6) is -2.62. The molecule has 0 aliphatic carbocycles. The van der Waals surface area contributed by atoms with E-state index in [2.05, 4.69) is 24.0 Å². The van der Waals surface area contributed by atoms with Crippen molar-refractivity contribution in [2.45, 2.75) is 51.1 Å². The number of aliphatic carboxylic acids is 1. The molecule has 0 spiro atoms. The van der Waals surface area contributed by atoms with Gasteiger partial charge < -0.3 is 9.84 Å². The molecule has 30 heavy (non-hydrogen) atoms. The first-order valence-electron chi connectivity index (χ1n) is 9.80. The Balaban J connectivity index is 0.000000318. The molecule has 1 aromatic heterocycles. The van der Waals surface area contributed by atoms with Gasteiger partial charge in [0.15, 0.2) is 0 Å². The topological polar surface area (TPSA) is 79.3 Å². The van der Waals surface area contributed by atoms with Crippen molar-refractivity contribution >= 4 is 23.2 Å². The van der Waals surface area contributed by atoms with Gasteiger partial charge in [-0.15, -0.1) is 11.3 Å². The lowest BCUT2D eigenvalue weighted by Crippen LogP contribution is -2.52. The molecule has 3 aliphatic heterocycles. The number of fused-ring (bicyclic) bond motifs is 1. The number of aryl methyl sites for hydroxylation is 1. The smallest absolute Gasteiger partial charge is 0.475 e. The third-order valence-electron chi connectivity index (χ3n) is 5.36. The monoisotopic (exact) mass is 450 g/mol. The van der Waals surface area contributed by atoms with Gasteiger partial charge in [0, 0.05) is 35.5 Å². The van der Waals surface area contributed by atoms with Crippen molar-refractivity contribution in [3.05, 3.63) is 21.9 Å². The molecule has 0 aromatic carbocycles. The summed E-state index contributed by atoms with van der Waals surface area (Å²) in [6.07, 6.45) is -2.03. The summed E-state index contributed by atoms with van der Waals surface area (Å²) in [7, 11) is 0. The number of amides is 1. The number of carbonyl (C=O) groups is 2. The lowest BCUT2D eigenvalue weighted by atomic mass is 9.89. The van der Waals surface area contributed by atoms with E-state index in [1.165, 1.54) is 9.75 Å². The molecule has 3 aliphatic rings. The van der Waals surface area contributed by atoms with E-state index in [1.54, 1.807) is 5.06 Å². The number of carbonyl (C=O) groups excluding carboxylic acids is 1. The van der Waals surface area contributed by atoms with Gasteiger partial charge in [-0.1, -0.05) is 0 Å². The number of carboxylic acid groups (broad SMARTS) is 1. The van der Waals surface area contributed by atoms with Gasteiger partial charge in [-0.25, -0.2) is 9.86 Å². The molecule has 11 heteroatoms. The van der Waals surface area contributed by atoms with Crippen molar-refractivity contribution in [2.24, 2.45) is 5.92 Å². The van der Waals surface area contributed by atoms with Crippen LogP contribution in [0, 0.1) is 12.8 Å². The molecule has 4 heterocycles. The largest absolute Gasteiger partial charge is 0.490 e. The first-order chi connectivity index (χ1) is 14.1. The molecule has 1 aromatic rings. The van der Waals surface area contributed by atoms with E-state index in [0.29, 0.717) is 12.6 Å². The number of likely N-dealkylation sites (tertiary alicyclic amines) is 1. The van der Waals surface area contributed by atoms with E-state index in [9.17, 15) is 18.0 Å². The molecule has 0 unspecified atom stereocenters. The lowest BCUT2D eigenvalue weighted by molar-refractivity contribution is -0.192. The average Bonchev–Trinajstić information content (AvgIpc) is 3.42. The highest BCUT2D eigenvalue weighted by Gasteiger charge is 2.43. The van der Waals surface area contributed by atoms with Crippen LogP contribution in [0.1, 0.15) is 29.0 Å². The molecule has 4 rings (SSSR count). The van der Waals surface area contributed by atoms with Crippen LogP contribution in [0.2, 0.25) is 0 Å². The molecule has 0 bridgehead atoms. The van der Waals surface area contributed by atoms with E-state index < -0.39 is 12.1 Å². The van der Waals surface area contributed by atoms with Crippen LogP contribution in [0.25, 0.3) is 0 Å². The Labute approximate surface area is 176 Å². The number of nitrogens with zero attached hydrogens (tertiary/aromatic N) is 2. The van der Waals surface area contributed by atoms with Gasteiger partial charge in [0.1, 0.15) is 0 Å². The van der Waals surface area contributed by atoms with Crippen LogP contribution in [0.5, 0.6) is 0 Å². The highest BCUT2D eigenvalue weighted by molar-refractivity contribution is 7.11. The fourth-order valence-corrected chi connectivity index (χ4v) is 4.93. The predicted octanol–water partition coefficient (Wildman–Crippen LogP) is 2.83. The Kier molecular flexibility index (Phi) is 7.38. The number of thiophene rings is 1. The van der Waals surface area contributed by atoms with Crippen LogP contribution in [0.3, 0.4) is 0 Å². The summed E-state index contributed by atoms with van der Waals surface area (Å²) < 4.78 is 37.7. The van der Waals surface area contributed by atoms with Crippen molar-refractivity contribution < 1.29 is 37.4 Å². The van der Waals surface area contributed by atoms with Crippen LogP contribution in [-0.2, 0) is 25.7 Å². The number of hydrogen-bond acceptors (Lipinski definition) is 6. The highest BCUT2D eigenvalue weighted by atomic mass is 32.1. The Hall–Kier alpha value is -1.69. The summed E-state index contributed by atoms with van der Waals surface area (Å²) in [5, 5.41) is 8.70. The second-order valence-corrected chi connectivity index (χ2v) is 8.94. The van der Waals surface area contributed by atoms with Gasteiger partial charge in [0.25, 0.3) is 5.91 Å². The van der Waals surface area contributed by atoms with Gasteiger partial charge in [0.05, 0.1) is 25.2 Å². The molecule has 7 nitrogen and oxygen atoms in total. The van der Waals surface area contributed by atoms with Crippen LogP contribution < -0.4 is 0 Å². The zero-order valence-corrected chi connectivity index (χ0v) is 17.4. The molecule has 1 amide bonds. The Morgan fingerprint density at radius 2 is 2.03 bits per heavy atom. The number of hydrogen-bond donors (Lipinski definition) is 1. The van der Waals surface area contributed by atoms with Crippen LogP contribution in [-0.4, -0.2) is 71.6 Å². The number of piperidine rings is 1. The van der Waals surface area contributed by atoms with Crippen molar-refractivity contribution in [1.82, 2.24) is 9.96 Å². The first-order valence-corrected chi connectivity index (χ1v) is 10.6. The summed E-state index contributed by atoms with van der Waals surface area (Å²) in [6, 6.07) is 4.84. The van der Waals surface area contributed by atoms with Gasteiger partial charge in [-0.2, -0.15) is 13.2 Å². The van der Waals surface area contributed by atoms with E-state index in [-0.39, 0.29) is 17.9 Å². The van der Waals surface area contributed by atoms with Crippen molar-refractivity contribution in [3.8, 4) is 0 Å². The molecule has 3 atom stereocenters. The predicted molar refractivity (Wildman–Crippen MR) is 102 cm³/mol. The van der Waals surface area contributed by atoms with Crippen molar-refractivity contribution in [3.63, 3.8) is 0 Å². The molecule has 0 radical (unpaired) electrons. The van der Waals surface area contributed by atoms with E-state index >= 15 is 0 Å². The minimum atomic E-state index is -5.08. The van der Waals surface area contributed by atoms with Crippen LogP contribution in [0.4, 0.5) is 13.2 Å². The second-order valence-electron chi connectivity index (χ2n) is 7.57. The number of rotatable bonds is 3. The zero-order chi connectivity index (χ0) is 21.9. The van der Waals surface area contributed by atoms with Gasteiger partial charge in [0.2, 0.25) is 0 Å². The summed E-state index contributed by atoms with van der Waals surface area (Å²) in [4.78, 5) is 32.2. The maximum Gasteiger partial charge on any atom is 0.490 e. The normalized spacial score (nSPS) is 26.8. The van der Waals surface area contributed by atoms with E-state index in [4.69, 9.17) is 19.5 Å². The maximum atomic E-state index is 12.7. The summed E-state index contributed by atoms with van der Waals surface area (Å²) >= 11 is 1.85. The minimum absolute atomic E-state index is 0.00601. The van der Waals surface area contributed by atoms with Gasteiger partial charge in [-0.3, -0.25) is 14.5 Å². The number of carboxylic acids is 1. The Morgan fingerprint density at radius 3 is 2.60 bits per heavy atom. The van der Waals surface area contributed by atoms with Gasteiger partial charge >= 0.3 is 12.1 Å². The second kappa shape index (κ2) is 9.63. The SMILES string of the molecule is Cc1ccc(CN2C[C@@H](C(=O)N3CCCO3)C[C@H]3OCC[C@H]32)s1.O=C(O)C(F)(F)F. The highest BCUT2D eigenvalue weighted by Crippen LogP contribution is 2.34. The summed E-state index contributed by atoms with van der Waals surface area (Å²) in [5.41, 5.74) is 0. The van der Waals surface area contributed by atoms with E-state index in [0.717, 1.165) is 45.5 Å². The Bertz CT molecular complexity index is 751. The number of hydroxylamine groups is 2. The molecular weight excluding hydrogens is 425 g/mol. The fourth-order valence-electron chi connectivity index (χ4n) is 4.01. The molecule has 3 fully saturated rings. The summed E-state index contributed by atoms with van der Waals surface area (Å²) in [6.45, 7) is 6.10. The van der Waals surface area contributed by atoms with Crippen molar-refractivity contribution in [1.29, 1.82) is 0 Å². The Morgan fingerprint density at radius 1 is 1.30 bits per heavy atom. The molecule has 168 valence electrons. The minimum Gasteiger partial charge on any atom is -0.475 e. The van der Waals surface area contributed by atoms with Crippen molar-refractivity contribution in [2.75, 3.05) is 26.3 Å². The van der Waals surface area contributed by atoms with Crippen LogP contribution >= 0.6 is 11.3 Å². The zero-order valence-electron chi connectivity index (χ0n) is 16.6. The van der Waals surface area contributed by atoms with Gasteiger partial charge in [-0.05, 0) is 38.3 Å². The first kappa shape index (κ1) is 23.0.